The van der Waals surface area contributed by atoms with E-state index in [0.29, 0.717) is 17.9 Å². The highest BCUT2D eigenvalue weighted by atomic mass is 19.4. The number of alkyl halides is 3. The van der Waals surface area contributed by atoms with Crippen LogP contribution >= 0.6 is 0 Å². The predicted octanol–water partition coefficient (Wildman–Crippen LogP) is 4.16. The zero-order valence-electron chi connectivity index (χ0n) is 21.5. The highest BCUT2D eigenvalue weighted by Crippen LogP contribution is 2.32. The summed E-state index contributed by atoms with van der Waals surface area (Å²) in [4.78, 5) is 31.1. The number of halogens is 3. The highest BCUT2D eigenvalue weighted by Gasteiger charge is 2.34. The Balaban J connectivity index is 1.81. The first kappa shape index (κ1) is 28.1. The van der Waals surface area contributed by atoms with E-state index in [9.17, 15) is 27.9 Å². The summed E-state index contributed by atoms with van der Waals surface area (Å²) < 4.78 is 44.7. The molecule has 0 aromatic heterocycles. The van der Waals surface area contributed by atoms with Gasteiger partial charge in [0.15, 0.2) is 0 Å². The first-order valence-electron chi connectivity index (χ1n) is 11.9. The number of urea groups is 1. The average Bonchev–Trinajstić information content (AvgIpc) is 2.84. The maximum Gasteiger partial charge on any atom is 0.416 e. The van der Waals surface area contributed by atoms with E-state index in [1.54, 1.807) is 31.0 Å². The SMILES string of the molecule is C[C@H](CO)N1C[C@H](C)[C@@H](CN(C)C(=O)Nc2ccc(C(F)(F)F)cc2)Oc2ccc(N(C)C)cc2C1=O. The van der Waals surface area contributed by atoms with E-state index >= 15 is 0 Å². The average molecular weight is 523 g/mol. The van der Waals surface area contributed by atoms with Crippen molar-refractivity contribution in [2.75, 3.05) is 51.1 Å². The summed E-state index contributed by atoms with van der Waals surface area (Å²) in [5, 5.41) is 12.4. The number of nitrogens with one attached hydrogen (secondary N) is 1. The lowest BCUT2D eigenvalue weighted by Crippen LogP contribution is -2.50. The van der Waals surface area contributed by atoms with E-state index in [0.717, 1.165) is 17.8 Å². The topological polar surface area (TPSA) is 85.3 Å². The van der Waals surface area contributed by atoms with Crippen LogP contribution in [-0.2, 0) is 6.18 Å². The number of carbonyl (C=O) groups is 2. The quantitative estimate of drug-likeness (QED) is 0.595. The van der Waals surface area contributed by atoms with Crippen molar-refractivity contribution in [3.8, 4) is 5.75 Å². The summed E-state index contributed by atoms with van der Waals surface area (Å²) in [6.45, 7) is 3.91. The number of likely N-dealkylation sites (N-methyl/N-ethyl adjacent to an activating group) is 1. The molecule has 0 bridgehead atoms. The third kappa shape index (κ3) is 6.65. The first-order chi connectivity index (χ1) is 17.3. The van der Waals surface area contributed by atoms with Crippen molar-refractivity contribution in [1.82, 2.24) is 9.80 Å². The molecule has 0 saturated carbocycles. The van der Waals surface area contributed by atoms with Gasteiger partial charge in [-0.15, -0.1) is 0 Å². The van der Waals surface area contributed by atoms with Crippen molar-refractivity contribution in [1.29, 1.82) is 0 Å². The number of benzene rings is 2. The standard InChI is InChI=1S/C26H33F3N4O4/c1-16-13-33(17(2)15-34)24(35)21-12-20(31(3)4)10-11-22(21)37-23(16)14-32(5)25(36)30-19-8-6-18(7-9-19)26(27,28)29/h6-12,16-17,23,34H,13-15H2,1-5H3,(H,30,36)/t16-,17+,23+/m0/s1. The Hall–Kier alpha value is -3.47. The van der Waals surface area contributed by atoms with E-state index in [4.69, 9.17) is 4.74 Å². The number of anilines is 2. The molecule has 11 heteroatoms. The molecule has 0 fully saturated rings. The third-order valence-corrected chi connectivity index (χ3v) is 6.43. The van der Waals surface area contributed by atoms with Gasteiger partial charge in [-0.25, -0.2) is 4.79 Å². The fourth-order valence-corrected chi connectivity index (χ4v) is 4.02. The molecule has 1 aliphatic heterocycles. The summed E-state index contributed by atoms with van der Waals surface area (Å²) in [6.07, 6.45) is -4.97. The Bertz CT molecular complexity index is 1110. The Morgan fingerprint density at radius 3 is 2.41 bits per heavy atom. The van der Waals surface area contributed by atoms with Gasteiger partial charge in [-0.3, -0.25) is 4.79 Å². The summed E-state index contributed by atoms with van der Waals surface area (Å²) >= 11 is 0. The van der Waals surface area contributed by atoms with Gasteiger partial charge in [-0.2, -0.15) is 13.2 Å². The van der Waals surface area contributed by atoms with E-state index in [1.165, 1.54) is 17.0 Å². The van der Waals surface area contributed by atoms with E-state index in [-0.39, 0.29) is 30.7 Å². The van der Waals surface area contributed by atoms with Crippen molar-refractivity contribution in [3.63, 3.8) is 0 Å². The van der Waals surface area contributed by atoms with Crippen LogP contribution in [0.1, 0.15) is 29.8 Å². The molecule has 3 atom stereocenters. The molecule has 8 nitrogen and oxygen atoms in total. The molecule has 1 aliphatic rings. The maximum atomic E-state index is 13.4. The van der Waals surface area contributed by atoms with Gasteiger partial charge in [0.05, 0.1) is 30.3 Å². The molecule has 37 heavy (non-hydrogen) atoms. The smallest absolute Gasteiger partial charge is 0.416 e. The second-order valence-electron chi connectivity index (χ2n) is 9.58. The monoisotopic (exact) mass is 522 g/mol. The number of carbonyl (C=O) groups excluding carboxylic acids is 2. The molecule has 0 radical (unpaired) electrons. The zero-order chi connectivity index (χ0) is 27.5. The minimum absolute atomic E-state index is 0.151. The molecule has 2 aromatic carbocycles. The minimum Gasteiger partial charge on any atom is -0.487 e. The largest absolute Gasteiger partial charge is 0.487 e. The van der Waals surface area contributed by atoms with Gasteiger partial charge in [0.2, 0.25) is 0 Å². The third-order valence-electron chi connectivity index (χ3n) is 6.43. The van der Waals surface area contributed by atoms with Crippen LogP contribution in [-0.4, -0.2) is 79.8 Å². The van der Waals surface area contributed by atoms with Crippen LogP contribution in [0.5, 0.6) is 5.75 Å². The van der Waals surface area contributed by atoms with E-state index in [1.807, 2.05) is 32.0 Å². The molecule has 0 saturated heterocycles. The molecule has 2 aromatic rings. The number of amides is 3. The number of ether oxygens (including phenoxy) is 1. The van der Waals surface area contributed by atoms with Gasteiger partial charge >= 0.3 is 12.2 Å². The second kappa shape index (κ2) is 11.3. The Labute approximate surface area is 214 Å². The Morgan fingerprint density at radius 2 is 1.84 bits per heavy atom. The molecule has 3 amide bonds. The van der Waals surface area contributed by atoms with Crippen molar-refractivity contribution in [2.24, 2.45) is 5.92 Å². The molecule has 202 valence electrons. The second-order valence-corrected chi connectivity index (χ2v) is 9.58. The highest BCUT2D eigenvalue weighted by molar-refractivity contribution is 5.98. The fourth-order valence-electron chi connectivity index (χ4n) is 4.02. The predicted molar refractivity (Wildman–Crippen MR) is 135 cm³/mol. The number of hydrogen-bond acceptors (Lipinski definition) is 5. The van der Waals surface area contributed by atoms with Crippen molar-refractivity contribution in [2.45, 2.75) is 32.2 Å². The lowest BCUT2D eigenvalue weighted by molar-refractivity contribution is -0.137. The van der Waals surface area contributed by atoms with Gasteiger partial charge in [-0.05, 0) is 49.4 Å². The number of rotatable bonds is 6. The van der Waals surface area contributed by atoms with Gasteiger partial charge in [0.1, 0.15) is 11.9 Å². The van der Waals surface area contributed by atoms with Crippen LogP contribution in [0.15, 0.2) is 42.5 Å². The maximum absolute atomic E-state index is 13.4. The van der Waals surface area contributed by atoms with Crippen LogP contribution in [0.2, 0.25) is 0 Å². The number of aliphatic hydroxyl groups excluding tert-OH is 1. The first-order valence-corrected chi connectivity index (χ1v) is 11.9. The van der Waals surface area contributed by atoms with Crippen LogP contribution in [0, 0.1) is 5.92 Å². The molecular formula is C26H33F3N4O4. The molecule has 2 N–H and O–H groups in total. The van der Waals surface area contributed by atoms with Crippen LogP contribution in [0.3, 0.4) is 0 Å². The number of aliphatic hydroxyl groups is 1. The summed E-state index contributed by atoms with van der Waals surface area (Å²) in [6, 6.07) is 8.55. The molecule has 3 rings (SSSR count). The van der Waals surface area contributed by atoms with E-state index < -0.39 is 29.9 Å². The normalized spacial score (nSPS) is 18.7. The van der Waals surface area contributed by atoms with Gasteiger partial charge in [0.25, 0.3) is 5.91 Å². The lowest BCUT2D eigenvalue weighted by Gasteiger charge is -2.38. The molecular weight excluding hydrogens is 489 g/mol. The fraction of sp³-hybridized carbons (Fsp3) is 0.462. The molecule has 0 unspecified atom stereocenters. The van der Waals surface area contributed by atoms with Gasteiger partial charge < -0.3 is 29.9 Å². The lowest BCUT2D eigenvalue weighted by atomic mass is 9.99. The van der Waals surface area contributed by atoms with Crippen LogP contribution < -0.4 is 15.0 Å². The Kier molecular flexibility index (Phi) is 8.57. The molecule has 0 spiro atoms. The van der Waals surface area contributed by atoms with Crippen LogP contribution in [0.4, 0.5) is 29.3 Å². The van der Waals surface area contributed by atoms with Crippen molar-refractivity contribution >= 4 is 23.3 Å². The molecule has 0 aliphatic carbocycles. The van der Waals surface area contributed by atoms with Crippen molar-refractivity contribution < 1.29 is 32.6 Å². The van der Waals surface area contributed by atoms with E-state index in [2.05, 4.69) is 5.32 Å². The van der Waals surface area contributed by atoms with Gasteiger partial charge in [-0.1, -0.05) is 6.92 Å². The number of hydrogen-bond donors (Lipinski definition) is 2. The van der Waals surface area contributed by atoms with Crippen molar-refractivity contribution in [3.05, 3.63) is 53.6 Å². The minimum atomic E-state index is -4.46. The van der Waals surface area contributed by atoms with Gasteiger partial charge in [0, 0.05) is 45.0 Å². The summed E-state index contributed by atoms with van der Waals surface area (Å²) in [5.74, 6) is -0.0845. The summed E-state index contributed by atoms with van der Waals surface area (Å²) in [7, 11) is 5.28. The Morgan fingerprint density at radius 1 is 1.19 bits per heavy atom. The number of fused-ring (bicyclic) bond motifs is 1. The summed E-state index contributed by atoms with van der Waals surface area (Å²) in [5.41, 5.74) is 0.597. The molecule has 1 heterocycles. The number of nitrogens with zero attached hydrogens (tertiary/aromatic N) is 3. The van der Waals surface area contributed by atoms with Crippen LogP contribution in [0.25, 0.3) is 0 Å². The zero-order valence-corrected chi connectivity index (χ0v) is 21.5.